The normalized spacial score (nSPS) is 32.4. The summed E-state index contributed by atoms with van der Waals surface area (Å²) in [6.07, 6.45) is 4.30. The Balaban J connectivity index is 2.60. The molecule has 0 saturated carbocycles. The predicted octanol–water partition coefficient (Wildman–Crippen LogP) is 2.15. The molecule has 0 aromatic heterocycles. The molecule has 1 N–H and O–H groups in total. The van der Waals surface area contributed by atoms with Crippen molar-refractivity contribution in [3.05, 3.63) is 12.3 Å². The van der Waals surface area contributed by atoms with Crippen LogP contribution < -0.4 is 5.32 Å². The van der Waals surface area contributed by atoms with Gasteiger partial charge in [-0.15, -0.1) is 0 Å². The van der Waals surface area contributed by atoms with Gasteiger partial charge in [-0.1, -0.05) is 33.8 Å². The first-order chi connectivity index (χ1) is 4.52. The molecule has 1 aliphatic heterocycles. The minimum Gasteiger partial charge on any atom is -0.387 e. The lowest BCUT2D eigenvalue weighted by Gasteiger charge is -2.30. The zero-order valence-corrected chi connectivity index (χ0v) is 7.31. The lowest BCUT2D eigenvalue weighted by atomic mass is 9.81. The molecule has 0 aromatic carbocycles. The summed E-state index contributed by atoms with van der Waals surface area (Å²) in [5.41, 5.74) is 0.378. The van der Waals surface area contributed by atoms with Crippen LogP contribution in [0.5, 0.6) is 0 Å². The highest BCUT2D eigenvalue weighted by Crippen LogP contribution is 2.28. The molecule has 10 heavy (non-hydrogen) atoms. The average molecular weight is 139 g/mol. The van der Waals surface area contributed by atoms with Crippen LogP contribution in [0, 0.1) is 11.3 Å². The van der Waals surface area contributed by atoms with E-state index in [9.17, 15) is 0 Å². The van der Waals surface area contributed by atoms with Crippen molar-refractivity contribution in [2.24, 2.45) is 11.3 Å². The van der Waals surface area contributed by atoms with E-state index in [4.69, 9.17) is 0 Å². The number of hydrogen-bond acceptors (Lipinski definition) is 1. The van der Waals surface area contributed by atoms with Crippen molar-refractivity contribution in [2.75, 3.05) is 0 Å². The van der Waals surface area contributed by atoms with Crippen LogP contribution in [0.1, 0.15) is 27.7 Å². The summed E-state index contributed by atoms with van der Waals surface area (Å²) in [6, 6.07) is 0.618. The van der Waals surface area contributed by atoms with Crippen molar-refractivity contribution >= 4 is 0 Å². The highest BCUT2D eigenvalue weighted by atomic mass is 14.9. The Morgan fingerprint density at radius 1 is 1.30 bits per heavy atom. The Morgan fingerprint density at radius 3 is 2.10 bits per heavy atom. The molecule has 0 fully saturated rings. The third kappa shape index (κ3) is 1.34. The van der Waals surface area contributed by atoms with Gasteiger partial charge in [0.1, 0.15) is 0 Å². The van der Waals surface area contributed by atoms with E-state index in [0.717, 1.165) is 0 Å². The van der Waals surface area contributed by atoms with Gasteiger partial charge >= 0.3 is 0 Å². The SMILES string of the molecule is C[C@@H]1C=CNC1C(C)(C)C. The molecule has 0 spiro atoms. The van der Waals surface area contributed by atoms with E-state index >= 15 is 0 Å². The van der Waals surface area contributed by atoms with E-state index in [2.05, 4.69) is 45.3 Å². The van der Waals surface area contributed by atoms with Gasteiger partial charge in [0.2, 0.25) is 0 Å². The average Bonchev–Trinajstić information content (AvgIpc) is 2.11. The third-order valence-corrected chi connectivity index (χ3v) is 2.13. The van der Waals surface area contributed by atoms with Gasteiger partial charge < -0.3 is 5.32 Å². The van der Waals surface area contributed by atoms with Crippen LogP contribution >= 0.6 is 0 Å². The fourth-order valence-corrected chi connectivity index (χ4v) is 1.61. The molecule has 0 amide bonds. The summed E-state index contributed by atoms with van der Waals surface area (Å²) in [7, 11) is 0. The number of nitrogens with one attached hydrogen (secondary N) is 1. The summed E-state index contributed by atoms with van der Waals surface area (Å²) >= 11 is 0. The van der Waals surface area contributed by atoms with E-state index < -0.39 is 0 Å². The molecular formula is C9H17N. The quantitative estimate of drug-likeness (QED) is 0.542. The highest BCUT2D eigenvalue weighted by Gasteiger charge is 2.29. The Labute approximate surface area is 63.5 Å². The summed E-state index contributed by atoms with van der Waals surface area (Å²) < 4.78 is 0. The van der Waals surface area contributed by atoms with Gasteiger partial charge in [-0.25, -0.2) is 0 Å². The molecule has 1 aliphatic rings. The summed E-state index contributed by atoms with van der Waals surface area (Å²) in [4.78, 5) is 0. The first kappa shape index (κ1) is 7.64. The van der Waals surface area contributed by atoms with E-state index in [1.54, 1.807) is 0 Å². The van der Waals surface area contributed by atoms with Crippen LogP contribution in [0.2, 0.25) is 0 Å². The first-order valence-electron chi connectivity index (χ1n) is 3.94. The van der Waals surface area contributed by atoms with E-state index in [0.29, 0.717) is 17.4 Å². The van der Waals surface area contributed by atoms with Gasteiger partial charge in [-0.2, -0.15) is 0 Å². The Morgan fingerprint density at radius 2 is 1.90 bits per heavy atom. The summed E-state index contributed by atoms with van der Waals surface area (Å²) in [6.45, 7) is 9.07. The lowest BCUT2D eigenvalue weighted by Crippen LogP contribution is -2.38. The summed E-state index contributed by atoms with van der Waals surface area (Å²) in [5.74, 6) is 0.681. The van der Waals surface area contributed by atoms with Crippen LogP contribution in [0.15, 0.2) is 12.3 Å². The molecule has 0 radical (unpaired) electrons. The minimum atomic E-state index is 0.378. The van der Waals surface area contributed by atoms with Crippen molar-refractivity contribution in [2.45, 2.75) is 33.7 Å². The van der Waals surface area contributed by atoms with Crippen LogP contribution in [0.25, 0.3) is 0 Å². The number of hydrogen-bond donors (Lipinski definition) is 1. The van der Waals surface area contributed by atoms with Crippen molar-refractivity contribution in [3.8, 4) is 0 Å². The van der Waals surface area contributed by atoms with Gasteiger partial charge in [0.05, 0.1) is 0 Å². The van der Waals surface area contributed by atoms with Gasteiger partial charge in [0.15, 0.2) is 0 Å². The van der Waals surface area contributed by atoms with Crippen LogP contribution in [0.4, 0.5) is 0 Å². The number of rotatable bonds is 0. The van der Waals surface area contributed by atoms with Crippen molar-refractivity contribution in [3.63, 3.8) is 0 Å². The van der Waals surface area contributed by atoms with E-state index in [1.165, 1.54) is 0 Å². The Bertz CT molecular complexity index is 141. The third-order valence-electron chi connectivity index (χ3n) is 2.13. The van der Waals surface area contributed by atoms with Gasteiger partial charge in [-0.05, 0) is 17.5 Å². The van der Waals surface area contributed by atoms with Crippen molar-refractivity contribution in [1.29, 1.82) is 0 Å². The molecule has 0 bridgehead atoms. The van der Waals surface area contributed by atoms with Crippen LogP contribution in [0.3, 0.4) is 0 Å². The molecule has 1 heterocycles. The molecule has 1 heteroatoms. The maximum absolute atomic E-state index is 3.37. The lowest BCUT2D eigenvalue weighted by molar-refractivity contribution is 0.260. The molecule has 1 nitrogen and oxygen atoms in total. The fourth-order valence-electron chi connectivity index (χ4n) is 1.61. The molecule has 1 rings (SSSR count). The van der Waals surface area contributed by atoms with Crippen LogP contribution in [-0.4, -0.2) is 6.04 Å². The molecule has 1 unspecified atom stereocenters. The molecule has 0 saturated heterocycles. The molecule has 0 aromatic rings. The standard InChI is InChI=1S/C9H17N/c1-7-5-6-10-8(7)9(2,3)4/h5-8,10H,1-4H3/t7-,8?/m1/s1. The van der Waals surface area contributed by atoms with E-state index in [1.807, 2.05) is 0 Å². The highest BCUT2D eigenvalue weighted by molar-refractivity contribution is 5.04. The zero-order chi connectivity index (χ0) is 7.78. The Hall–Kier alpha value is -0.460. The topological polar surface area (TPSA) is 12.0 Å². The predicted molar refractivity (Wildman–Crippen MR) is 44.7 cm³/mol. The summed E-state index contributed by atoms with van der Waals surface area (Å²) in [5, 5.41) is 3.37. The second kappa shape index (κ2) is 2.30. The second-order valence-electron chi connectivity index (χ2n) is 4.23. The van der Waals surface area contributed by atoms with Crippen molar-refractivity contribution in [1.82, 2.24) is 5.32 Å². The molecule has 0 aliphatic carbocycles. The maximum Gasteiger partial charge on any atom is 0.0364 e. The largest absolute Gasteiger partial charge is 0.387 e. The minimum absolute atomic E-state index is 0.378. The van der Waals surface area contributed by atoms with Crippen LogP contribution in [-0.2, 0) is 0 Å². The maximum atomic E-state index is 3.37. The van der Waals surface area contributed by atoms with Gasteiger partial charge in [-0.3, -0.25) is 0 Å². The van der Waals surface area contributed by atoms with Crippen molar-refractivity contribution < 1.29 is 0 Å². The Kier molecular flexibility index (Phi) is 1.76. The molecule has 2 atom stereocenters. The zero-order valence-electron chi connectivity index (χ0n) is 7.31. The smallest absolute Gasteiger partial charge is 0.0364 e. The monoisotopic (exact) mass is 139 g/mol. The second-order valence-corrected chi connectivity index (χ2v) is 4.23. The van der Waals surface area contributed by atoms with E-state index in [-0.39, 0.29) is 0 Å². The first-order valence-corrected chi connectivity index (χ1v) is 3.94. The van der Waals surface area contributed by atoms with Gasteiger partial charge in [0.25, 0.3) is 0 Å². The fraction of sp³-hybridized carbons (Fsp3) is 0.778. The molecular weight excluding hydrogens is 122 g/mol. The molecule has 58 valence electrons. The van der Waals surface area contributed by atoms with Gasteiger partial charge in [0, 0.05) is 6.04 Å².